The van der Waals surface area contributed by atoms with Gasteiger partial charge in [-0.1, -0.05) is 12.1 Å². The molecule has 4 heteroatoms. The highest BCUT2D eigenvalue weighted by Crippen LogP contribution is 2.24. The Kier molecular flexibility index (Phi) is 4.45. The molecule has 0 unspecified atom stereocenters. The summed E-state index contributed by atoms with van der Waals surface area (Å²) < 4.78 is 7.33. The summed E-state index contributed by atoms with van der Waals surface area (Å²) >= 11 is 0. The van der Waals surface area contributed by atoms with E-state index in [0.717, 1.165) is 18.8 Å². The molecular formula is C16H23N3O. The Morgan fingerprint density at radius 1 is 1.20 bits per heavy atom. The first-order chi connectivity index (χ1) is 9.51. The van der Waals surface area contributed by atoms with Gasteiger partial charge in [0.2, 0.25) is 0 Å². The predicted octanol–water partition coefficient (Wildman–Crippen LogP) is 2.68. The van der Waals surface area contributed by atoms with Gasteiger partial charge in [0, 0.05) is 26.3 Å². The summed E-state index contributed by atoms with van der Waals surface area (Å²) in [5, 5.41) is 4.20. The third kappa shape index (κ3) is 3.20. The van der Waals surface area contributed by atoms with Crippen LogP contribution in [0.3, 0.4) is 0 Å². The first-order valence-corrected chi connectivity index (χ1v) is 6.80. The second kappa shape index (κ2) is 6.09. The minimum atomic E-state index is 0.890. The topological polar surface area (TPSA) is 30.3 Å². The molecule has 0 spiro atoms. The van der Waals surface area contributed by atoms with E-state index in [-0.39, 0.29) is 0 Å². The van der Waals surface area contributed by atoms with Gasteiger partial charge < -0.3 is 4.74 Å². The zero-order chi connectivity index (χ0) is 14.7. The number of aryl methyl sites for hydroxylation is 3. The summed E-state index contributed by atoms with van der Waals surface area (Å²) in [4.78, 5) is 2.29. The monoisotopic (exact) mass is 273 g/mol. The molecule has 0 amide bonds. The van der Waals surface area contributed by atoms with Crippen LogP contribution in [0.2, 0.25) is 0 Å². The van der Waals surface area contributed by atoms with Crippen molar-refractivity contribution < 1.29 is 4.74 Å². The lowest BCUT2D eigenvalue weighted by molar-refractivity contribution is 0.309. The van der Waals surface area contributed by atoms with Gasteiger partial charge in [0.1, 0.15) is 5.75 Å². The second-order valence-electron chi connectivity index (χ2n) is 5.38. The van der Waals surface area contributed by atoms with Gasteiger partial charge in [0.05, 0.1) is 12.8 Å². The third-order valence-corrected chi connectivity index (χ3v) is 3.53. The molecule has 0 aliphatic rings. The zero-order valence-electron chi connectivity index (χ0n) is 13.0. The first-order valence-electron chi connectivity index (χ1n) is 6.80. The number of aromatic nitrogens is 2. The van der Waals surface area contributed by atoms with Crippen molar-refractivity contribution in [2.24, 2.45) is 7.05 Å². The molecule has 1 aromatic heterocycles. The Bertz CT molecular complexity index is 566. The van der Waals surface area contributed by atoms with Gasteiger partial charge in [0.25, 0.3) is 0 Å². The molecule has 20 heavy (non-hydrogen) atoms. The number of methoxy groups -OCH3 is 1. The molecule has 108 valence electrons. The molecule has 2 rings (SSSR count). The molecule has 0 N–H and O–H groups in total. The second-order valence-corrected chi connectivity index (χ2v) is 5.38. The van der Waals surface area contributed by atoms with E-state index in [1.807, 2.05) is 17.9 Å². The maximum atomic E-state index is 5.41. The Labute approximate surface area is 121 Å². The van der Waals surface area contributed by atoms with Crippen LogP contribution in [-0.2, 0) is 20.1 Å². The number of hydrogen-bond acceptors (Lipinski definition) is 3. The van der Waals surface area contributed by atoms with Crippen LogP contribution in [0.25, 0.3) is 0 Å². The van der Waals surface area contributed by atoms with Crippen LogP contribution >= 0.6 is 0 Å². The molecule has 0 radical (unpaired) electrons. The van der Waals surface area contributed by atoms with Gasteiger partial charge >= 0.3 is 0 Å². The maximum Gasteiger partial charge on any atom is 0.124 e. The summed E-state index contributed by atoms with van der Waals surface area (Å²) in [5.74, 6) is 0.989. The third-order valence-electron chi connectivity index (χ3n) is 3.53. The van der Waals surface area contributed by atoms with Gasteiger partial charge in [-0.2, -0.15) is 5.10 Å². The normalized spacial score (nSPS) is 11.1. The predicted molar refractivity (Wildman–Crippen MR) is 80.8 cm³/mol. The van der Waals surface area contributed by atoms with E-state index in [0.29, 0.717) is 0 Å². The smallest absolute Gasteiger partial charge is 0.124 e. The van der Waals surface area contributed by atoms with Crippen LogP contribution in [0.1, 0.15) is 22.4 Å². The number of rotatable bonds is 5. The van der Waals surface area contributed by atoms with Gasteiger partial charge in [0.15, 0.2) is 0 Å². The van der Waals surface area contributed by atoms with Crippen molar-refractivity contribution in [1.29, 1.82) is 0 Å². The Balaban J connectivity index is 2.08. The summed E-state index contributed by atoms with van der Waals surface area (Å²) in [6.07, 6.45) is 1.84. The van der Waals surface area contributed by atoms with Gasteiger partial charge in [-0.25, -0.2) is 0 Å². The van der Waals surface area contributed by atoms with Gasteiger partial charge in [-0.15, -0.1) is 0 Å². The lowest BCUT2D eigenvalue weighted by Crippen LogP contribution is -2.19. The van der Waals surface area contributed by atoms with Crippen molar-refractivity contribution in [3.8, 4) is 5.75 Å². The average Bonchev–Trinajstić information content (AvgIpc) is 2.74. The zero-order valence-corrected chi connectivity index (χ0v) is 13.0. The number of nitrogens with zero attached hydrogens (tertiary/aromatic N) is 3. The fraction of sp³-hybridized carbons (Fsp3) is 0.438. The van der Waals surface area contributed by atoms with Crippen LogP contribution in [0, 0.1) is 13.8 Å². The highest BCUT2D eigenvalue weighted by molar-refractivity contribution is 5.43. The average molecular weight is 273 g/mol. The van der Waals surface area contributed by atoms with Crippen LogP contribution in [-0.4, -0.2) is 28.8 Å². The fourth-order valence-electron chi connectivity index (χ4n) is 2.65. The van der Waals surface area contributed by atoms with E-state index < -0.39 is 0 Å². The Morgan fingerprint density at radius 3 is 2.35 bits per heavy atom. The molecule has 0 bridgehead atoms. The molecule has 0 aliphatic carbocycles. The van der Waals surface area contributed by atoms with E-state index in [1.165, 1.54) is 22.4 Å². The minimum absolute atomic E-state index is 0.890. The summed E-state index contributed by atoms with van der Waals surface area (Å²) in [6.45, 7) is 5.99. The van der Waals surface area contributed by atoms with Crippen LogP contribution in [0.4, 0.5) is 0 Å². The largest absolute Gasteiger partial charge is 0.496 e. The molecule has 4 nitrogen and oxygen atoms in total. The molecule has 2 aromatic rings. The fourth-order valence-corrected chi connectivity index (χ4v) is 2.65. The van der Waals surface area contributed by atoms with Crippen molar-refractivity contribution in [3.63, 3.8) is 0 Å². The highest BCUT2D eigenvalue weighted by Gasteiger charge is 2.08. The Morgan fingerprint density at radius 2 is 1.85 bits per heavy atom. The molecular weight excluding hydrogens is 250 g/mol. The van der Waals surface area contributed by atoms with E-state index >= 15 is 0 Å². The molecule has 0 saturated carbocycles. The van der Waals surface area contributed by atoms with Crippen molar-refractivity contribution in [2.45, 2.75) is 26.9 Å². The highest BCUT2D eigenvalue weighted by atomic mass is 16.5. The van der Waals surface area contributed by atoms with E-state index in [2.05, 4.69) is 49.1 Å². The lowest BCUT2D eigenvalue weighted by atomic mass is 10.1. The van der Waals surface area contributed by atoms with Crippen LogP contribution < -0.4 is 4.74 Å². The summed E-state index contributed by atoms with van der Waals surface area (Å²) in [5.41, 5.74) is 4.91. The molecule has 0 fully saturated rings. The first kappa shape index (κ1) is 14.6. The van der Waals surface area contributed by atoms with Crippen LogP contribution in [0.15, 0.2) is 24.4 Å². The number of benzene rings is 1. The van der Waals surface area contributed by atoms with Gasteiger partial charge in [-0.3, -0.25) is 9.58 Å². The molecule has 0 atom stereocenters. The summed E-state index contributed by atoms with van der Waals surface area (Å²) in [6, 6.07) is 6.46. The Hall–Kier alpha value is -1.81. The van der Waals surface area contributed by atoms with E-state index in [1.54, 1.807) is 7.11 Å². The maximum absolute atomic E-state index is 5.41. The quantitative estimate of drug-likeness (QED) is 0.839. The summed E-state index contributed by atoms with van der Waals surface area (Å²) in [7, 11) is 5.83. The minimum Gasteiger partial charge on any atom is -0.496 e. The number of hydrogen-bond donors (Lipinski definition) is 0. The van der Waals surface area contributed by atoms with E-state index in [4.69, 9.17) is 4.74 Å². The van der Waals surface area contributed by atoms with Crippen molar-refractivity contribution in [2.75, 3.05) is 14.2 Å². The molecule has 1 heterocycles. The SMILES string of the molecule is COc1c(C)cc(CN(C)Cc2ccnn2C)cc1C. The van der Waals surface area contributed by atoms with E-state index in [9.17, 15) is 0 Å². The molecule has 0 aliphatic heterocycles. The molecule has 0 saturated heterocycles. The molecule has 1 aromatic carbocycles. The van der Waals surface area contributed by atoms with Crippen molar-refractivity contribution in [3.05, 3.63) is 46.8 Å². The number of ether oxygens (including phenoxy) is 1. The van der Waals surface area contributed by atoms with Crippen molar-refractivity contribution >= 4 is 0 Å². The standard InChI is InChI=1S/C16H23N3O/c1-12-8-14(9-13(2)16(12)20-5)10-18(3)11-15-6-7-17-19(15)4/h6-9H,10-11H2,1-5H3. The van der Waals surface area contributed by atoms with Gasteiger partial charge in [-0.05, 0) is 43.7 Å². The van der Waals surface area contributed by atoms with Crippen molar-refractivity contribution in [1.82, 2.24) is 14.7 Å². The van der Waals surface area contributed by atoms with Crippen LogP contribution in [0.5, 0.6) is 5.75 Å². The lowest BCUT2D eigenvalue weighted by Gasteiger charge is -2.18.